The summed E-state index contributed by atoms with van der Waals surface area (Å²) in [6.07, 6.45) is 0. The number of carboxylic acid groups (broad SMARTS) is 1. The molecular weight excluding hydrogens is 272 g/mol. The van der Waals surface area contributed by atoms with Crippen LogP contribution in [0.2, 0.25) is 0 Å². The van der Waals surface area contributed by atoms with Crippen LogP contribution < -0.4 is 15.4 Å². The van der Waals surface area contributed by atoms with Gasteiger partial charge in [-0.1, -0.05) is 18.2 Å². The minimum atomic E-state index is -1.05. The molecule has 2 aromatic rings. The minimum Gasteiger partial charge on any atom is -0.482 e. The van der Waals surface area contributed by atoms with E-state index >= 15 is 0 Å². The van der Waals surface area contributed by atoms with Gasteiger partial charge in [0, 0.05) is 0 Å². The fraction of sp³-hybridized carbons (Fsp3) is 0.0667. The lowest BCUT2D eigenvalue weighted by molar-refractivity contribution is -0.139. The van der Waals surface area contributed by atoms with Crippen molar-refractivity contribution in [3.05, 3.63) is 54.6 Å². The zero-order valence-electron chi connectivity index (χ0n) is 11.1. The third kappa shape index (κ3) is 3.73. The number of urea groups is 1. The SMILES string of the molecule is NC(=O)N(c1ccccc1)c1ccc(OCC(=O)O)cc1. The van der Waals surface area contributed by atoms with E-state index in [9.17, 15) is 9.59 Å². The number of carbonyl (C=O) groups excluding carboxylic acids is 1. The first-order valence-corrected chi connectivity index (χ1v) is 6.17. The number of benzene rings is 2. The first-order valence-electron chi connectivity index (χ1n) is 6.17. The van der Waals surface area contributed by atoms with Gasteiger partial charge in [0.15, 0.2) is 6.61 Å². The predicted octanol–water partition coefficient (Wildman–Crippen LogP) is 2.37. The van der Waals surface area contributed by atoms with Gasteiger partial charge in [-0.2, -0.15) is 0 Å². The summed E-state index contributed by atoms with van der Waals surface area (Å²) in [6, 6.07) is 14.8. The number of rotatable bonds is 5. The zero-order valence-corrected chi connectivity index (χ0v) is 11.1. The number of ether oxygens (including phenoxy) is 1. The minimum absolute atomic E-state index is 0.402. The van der Waals surface area contributed by atoms with Gasteiger partial charge in [0.05, 0.1) is 11.4 Å². The van der Waals surface area contributed by atoms with Crippen molar-refractivity contribution in [2.24, 2.45) is 5.73 Å². The molecule has 0 spiro atoms. The van der Waals surface area contributed by atoms with Crippen molar-refractivity contribution in [1.29, 1.82) is 0 Å². The summed E-state index contributed by atoms with van der Waals surface area (Å²) in [5, 5.41) is 8.54. The Hall–Kier alpha value is -3.02. The number of aliphatic carboxylic acids is 1. The molecule has 2 rings (SSSR count). The molecule has 0 saturated carbocycles. The van der Waals surface area contributed by atoms with E-state index in [0.29, 0.717) is 17.1 Å². The third-order valence-corrected chi connectivity index (χ3v) is 2.69. The van der Waals surface area contributed by atoms with Crippen molar-refractivity contribution in [2.75, 3.05) is 11.5 Å². The fourth-order valence-electron chi connectivity index (χ4n) is 1.82. The average Bonchev–Trinajstić information content (AvgIpc) is 2.47. The molecule has 21 heavy (non-hydrogen) atoms. The number of primary amides is 1. The van der Waals surface area contributed by atoms with Crippen molar-refractivity contribution >= 4 is 23.4 Å². The highest BCUT2D eigenvalue weighted by molar-refractivity contribution is 5.98. The predicted molar refractivity (Wildman–Crippen MR) is 77.7 cm³/mol. The number of anilines is 2. The van der Waals surface area contributed by atoms with Crippen molar-refractivity contribution < 1.29 is 19.4 Å². The van der Waals surface area contributed by atoms with E-state index in [0.717, 1.165) is 0 Å². The van der Waals surface area contributed by atoms with Crippen LogP contribution in [0.3, 0.4) is 0 Å². The van der Waals surface area contributed by atoms with Crippen LogP contribution in [0.1, 0.15) is 0 Å². The molecule has 0 aliphatic heterocycles. The second kappa shape index (κ2) is 6.42. The Balaban J connectivity index is 2.22. The average molecular weight is 286 g/mol. The highest BCUT2D eigenvalue weighted by Gasteiger charge is 2.14. The van der Waals surface area contributed by atoms with Gasteiger partial charge in [-0.15, -0.1) is 0 Å². The van der Waals surface area contributed by atoms with Crippen molar-refractivity contribution in [2.45, 2.75) is 0 Å². The molecule has 0 atom stereocenters. The topological polar surface area (TPSA) is 92.9 Å². The summed E-state index contributed by atoms with van der Waals surface area (Å²) < 4.78 is 5.03. The molecule has 3 N–H and O–H groups in total. The maximum Gasteiger partial charge on any atom is 0.341 e. The summed E-state index contributed by atoms with van der Waals surface area (Å²) >= 11 is 0. The van der Waals surface area contributed by atoms with Crippen LogP contribution in [0.25, 0.3) is 0 Å². The molecule has 2 aromatic carbocycles. The lowest BCUT2D eigenvalue weighted by Gasteiger charge is -2.20. The summed E-state index contributed by atoms with van der Waals surface area (Å²) in [7, 11) is 0. The molecule has 0 unspecified atom stereocenters. The molecule has 6 nitrogen and oxygen atoms in total. The Bertz CT molecular complexity index is 626. The molecule has 108 valence electrons. The monoisotopic (exact) mass is 286 g/mol. The molecule has 0 aliphatic carbocycles. The molecule has 6 heteroatoms. The number of nitrogens with zero attached hydrogens (tertiary/aromatic N) is 1. The second-order valence-corrected chi connectivity index (χ2v) is 4.19. The van der Waals surface area contributed by atoms with Crippen LogP contribution in [0.15, 0.2) is 54.6 Å². The standard InChI is InChI=1S/C15H14N2O4/c16-15(20)17(11-4-2-1-3-5-11)12-6-8-13(9-7-12)21-10-14(18)19/h1-9H,10H2,(H2,16,20)(H,18,19). The number of para-hydroxylation sites is 1. The van der Waals surface area contributed by atoms with Gasteiger partial charge in [-0.25, -0.2) is 9.59 Å². The lowest BCUT2D eigenvalue weighted by Crippen LogP contribution is -2.31. The normalized spacial score (nSPS) is 9.90. The smallest absolute Gasteiger partial charge is 0.341 e. The Labute approximate surface area is 121 Å². The van der Waals surface area contributed by atoms with Crippen molar-refractivity contribution in [1.82, 2.24) is 0 Å². The summed E-state index contributed by atoms with van der Waals surface area (Å²) in [5.41, 5.74) is 6.62. The largest absolute Gasteiger partial charge is 0.482 e. The first kappa shape index (κ1) is 14.4. The maximum absolute atomic E-state index is 11.6. The van der Waals surface area contributed by atoms with Crippen LogP contribution in [0.5, 0.6) is 5.75 Å². The highest BCUT2D eigenvalue weighted by atomic mass is 16.5. The number of carboxylic acids is 1. The maximum atomic E-state index is 11.6. The van der Waals surface area contributed by atoms with Gasteiger partial charge in [0.25, 0.3) is 0 Å². The van der Waals surface area contributed by atoms with Gasteiger partial charge in [0.1, 0.15) is 5.75 Å². The van der Waals surface area contributed by atoms with Crippen molar-refractivity contribution in [3.63, 3.8) is 0 Å². The van der Waals surface area contributed by atoms with E-state index in [1.807, 2.05) is 6.07 Å². The fourth-order valence-corrected chi connectivity index (χ4v) is 1.82. The number of hydrogen-bond donors (Lipinski definition) is 2. The lowest BCUT2D eigenvalue weighted by atomic mass is 10.2. The number of hydrogen-bond acceptors (Lipinski definition) is 3. The van der Waals surface area contributed by atoms with Crippen LogP contribution in [-0.4, -0.2) is 23.7 Å². The van der Waals surface area contributed by atoms with E-state index in [2.05, 4.69) is 0 Å². The van der Waals surface area contributed by atoms with Gasteiger partial charge in [0.2, 0.25) is 0 Å². The molecule has 2 amide bonds. The summed E-state index contributed by atoms with van der Waals surface area (Å²) in [4.78, 5) is 23.4. The second-order valence-electron chi connectivity index (χ2n) is 4.19. The van der Waals surface area contributed by atoms with Crippen molar-refractivity contribution in [3.8, 4) is 5.75 Å². The Morgan fingerprint density at radius 3 is 2.10 bits per heavy atom. The van der Waals surface area contributed by atoms with Gasteiger partial charge in [-0.3, -0.25) is 4.90 Å². The van der Waals surface area contributed by atoms with Crippen LogP contribution in [0, 0.1) is 0 Å². The molecule has 0 bridgehead atoms. The van der Waals surface area contributed by atoms with E-state index in [4.69, 9.17) is 15.6 Å². The van der Waals surface area contributed by atoms with E-state index < -0.39 is 18.6 Å². The van der Waals surface area contributed by atoms with Gasteiger partial charge >= 0.3 is 12.0 Å². The summed E-state index contributed by atoms with van der Waals surface area (Å²) in [6.45, 7) is -0.419. The molecular formula is C15H14N2O4. The van der Waals surface area contributed by atoms with E-state index in [1.165, 1.54) is 4.90 Å². The van der Waals surface area contributed by atoms with Crippen LogP contribution in [0.4, 0.5) is 16.2 Å². The van der Waals surface area contributed by atoms with Gasteiger partial charge in [-0.05, 0) is 36.4 Å². The Morgan fingerprint density at radius 2 is 1.57 bits per heavy atom. The first-order chi connectivity index (χ1) is 10.1. The molecule has 0 aliphatic rings. The van der Waals surface area contributed by atoms with Crippen LogP contribution in [-0.2, 0) is 4.79 Å². The molecule has 0 saturated heterocycles. The van der Waals surface area contributed by atoms with Gasteiger partial charge < -0.3 is 15.6 Å². The Kier molecular flexibility index (Phi) is 4.40. The van der Waals surface area contributed by atoms with Crippen LogP contribution >= 0.6 is 0 Å². The molecule has 0 fully saturated rings. The number of carbonyl (C=O) groups is 2. The molecule has 0 radical (unpaired) electrons. The highest BCUT2D eigenvalue weighted by Crippen LogP contribution is 2.26. The summed E-state index contributed by atoms with van der Waals surface area (Å²) in [5.74, 6) is -0.652. The van der Waals surface area contributed by atoms with E-state index in [1.54, 1.807) is 48.5 Å². The Morgan fingerprint density at radius 1 is 1.00 bits per heavy atom. The number of amides is 2. The zero-order chi connectivity index (χ0) is 15.2. The molecule has 0 aromatic heterocycles. The number of nitrogens with two attached hydrogens (primary N) is 1. The quantitative estimate of drug-likeness (QED) is 0.882. The van der Waals surface area contributed by atoms with E-state index in [-0.39, 0.29) is 0 Å². The third-order valence-electron chi connectivity index (χ3n) is 2.69. The molecule has 0 heterocycles.